The van der Waals surface area contributed by atoms with Gasteiger partial charge in [-0.05, 0) is 6.42 Å². The summed E-state index contributed by atoms with van der Waals surface area (Å²) in [5, 5.41) is 2.77. The first-order valence-corrected chi connectivity index (χ1v) is 7.82. The van der Waals surface area contributed by atoms with Crippen LogP contribution in [0.1, 0.15) is 6.42 Å². The number of sulfone groups is 1. The van der Waals surface area contributed by atoms with Crippen LogP contribution in [-0.2, 0) is 9.84 Å². The summed E-state index contributed by atoms with van der Waals surface area (Å²) in [6.07, 6.45) is -3.78. The Morgan fingerprint density at radius 1 is 1.28 bits per heavy atom. The molecule has 2 fully saturated rings. The van der Waals surface area contributed by atoms with Crippen LogP contribution in [-0.4, -0.2) is 63.2 Å². The number of hydrogen-bond donors (Lipinski definition) is 1. The van der Waals surface area contributed by atoms with Crippen LogP contribution in [0.15, 0.2) is 0 Å². The minimum atomic E-state index is -4.23. The molecule has 2 rings (SSSR count). The fourth-order valence-electron chi connectivity index (χ4n) is 2.55. The smallest absolute Gasteiger partial charge is 0.315 e. The summed E-state index contributed by atoms with van der Waals surface area (Å²) in [6, 6.07) is -0.250. The lowest BCUT2D eigenvalue weighted by Crippen LogP contribution is -2.43. The molecular weight excluding hydrogens is 269 g/mol. The second kappa shape index (κ2) is 4.97. The van der Waals surface area contributed by atoms with Gasteiger partial charge in [-0.3, -0.25) is 4.90 Å². The summed E-state index contributed by atoms with van der Waals surface area (Å²) in [7, 11) is -3.05. The maximum Gasteiger partial charge on any atom is 0.394 e. The molecule has 0 amide bonds. The molecule has 0 radical (unpaired) electrons. The Morgan fingerprint density at radius 3 is 2.56 bits per heavy atom. The molecule has 2 atom stereocenters. The molecule has 0 saturated carbocycles. The fourth-order valence-corrected chi connectivity index (χ4v) is 4.31. The molecule has 2 aliphatic heterocycles. The molecule has 0 bridgehead atoms. The van der Waals surface area contributed by atoms with E-state index >= 15 is 0 Å². The van der Waals surface area contributed by atoms with Crippen LogP contribution in [0.4, 0.5) is 13.2 Å². The minimum absolute atomic E-state index is 0.00240. The van der Waals surface area contributed by atoms with Gasteiger partial charge >= 0.3 is 6.18 Å². The molecule has 8 heteroatoms. The Hall–Kier alpha value is -0.340. The van der Waals surface area contributed by atoms with Crippen LogP contribution in [0.2, 0.25) is 0 Å². The topological polar surface area (TPSA) is 49.4 Å². The van der Waals surface area contributed by atoms with Gasteiger partial charge in [-0.1, -0.05) is 0 Å². The molecule has 0 spiro atoms. The zero-order valence-electron chi connectivity index (χ0n) is 9.91. The van der Waals surface area contributed by atoms with Gasteiger partial charge in [0, 0.05) is 32.2 Å². The van der Waals surface area contributed by atoms with Gasteiger partial charge in [0.1, 0.15) is 0 Å². The van der Waals surface area contributed by atoms with Crippen LogP contribution in [0.3, 0.4) is 0 Å². The van der Waals surface area contributed by atoms with E-state index in [0.29, 0.717) is 19.5 Å². The van der Waals surface area contributed by atoms with Crippen LogP contribution in [0.25, 0.3) is 0 Å². The summed E-state index contributed by atoms with van der Waals surface area (Å²) in [6.45, 7) is 0.770. The molecule has 1 N–H and O–H groups in total. The van der Waals surface area contributed by atoms with E-state index in [4.69, 9.17) is 0 Å². The maximum absolute atomic E-state index is 12.7. The standard InChI is InChI=1S/C10H17F3N2O2S/c11-10(12,13)8-5-14-2-3-15(6-8)9-1-4-18(16,17)7-9/h8-9,14H,1-7H2. The fraction of sp³-hybridized carbons (Fsp3) is 1.00. The van der Waals surface area contributed by atoms with Crippen molar-refractivity contribution >= 4 is 9.84 Å². The van der Waals surface area contributed by atoms with E-state index in [-0.39, 0.29) is 30.6 Å². The molecule has 18 heavy (non-hydrogen) atoms. The van der Waals surface area contributed by atoms with Crippen molar-refractivity contribution in [2.24, 2.45) is 5.92 Å². The first-order valence-electron chi connectivity index (χ1n) is 6.00. The van der Waals surface area contributed by atoms with E-state index in [1.54, 1.807) is 4.90 Å². The largest absolute Gasteiger partial charge is 0.394 e. The highest BCUT2D eigenvalue weighted by Crippen LogP contribution is 2.29. The molecule has 0 aromatic heterocycles. The van der Waals surface area contributed by atoms with E-state index in [1.165, 1.54) is 0 Å². The number of nitrogens with zero attached hydrogens (tertiary/aromatic N) is 1. The highest BCUT2D eigenvalue weighted by atomic mass is 32.2. The van der Waals surface area contributed by atoms with Crippen molar-refractivity contribution in [2.45, 2.75) is 18.6 Å². The molecule has 0 aromatic carbocycles. The highest BCUT2D eigenvalue weighted by Gasteiger charge is 2.43. The lowest BCUT2D eigenvalue weighted by atomic mass is 10.1. The van der Waals surface area contributed by atoms with Crippen molar-refractivity contribution in [3.8, 4) is 0 Å². The Morgan fingerprint density at radius 2 is 2.00 bits per heavy atom. The number of rotatable bonds is 1. The second-order valence-corrected chi connectivity index (χ2v) is 7.22. The predicted molar refractivity (Wildman–Crippen MR) is 61.0 cm³/mol. The van der Waals surface area contributed by atoms with Crippen LogP contribution in [0, 0.1) is 5.92 Å². The van der Waals surface area contributed by atoms with Gasteiger partial charge in [0.25, 0.3) is 0 Å². The average Bonchev–Trinajstić information content (AvgIpc) is 2.50. The van der Waals surface area contributed by atoms with E-state index in [2.05, 4.69) is 5.32 Å². The van der Waals surface area contributed by atoms with E-state index in [0.717, 1.165) is 0 Å². The lowest BCUT2D eigenvalue weighted by Gasteiger charge is -2.29. The molecule has 2 heterocycles. The zero-order chi connectivity index (χ0) is 13.4. The first-order chi connectivity index (χ1) is 8.28. The number of alkyl halides is 3. The Kier molecular flexibility index (Phi) is 3.89. The van der Waals surface area contributed by atoms with Crippen molar-refractivity contribution in [3.63, 3.8) is 0 Å². The number of halogens is 3. The quantitative estimate of drug-likeness (QED) is 0.751. The van der Waals surface area contributed by atoms with E-state index < -0.39 is 21.9 Å². The average molecular weight is 286 g/mol. The molecule has 4 nitrogen and oxygen atoms in total. The minimum Gasteiger partial charge on any atom is -0.315 e. The van der Waals surface area contributed by atoms with Gasteiger partial charge in [0.05, 0.1) is 17.4 Å². The van der Waals surface area contributed by atoms with Crippen LogP contribution in [0.5, 0.6) is 0 Å². The Bertz CT molecular complexity index is 396. The first kappa shape index (κ1) is 14.1. The van der Waals surface area contributed by atoms with Crippen molar-refractivity contribution < 1.29 is 21.6 Å². The molecular formula is C10H17F3N2O2S. The van der Waals surface area contributed by atoms with E-state index in [1.807, 2.05) is 0 Å². The normalized spacial score (nSPS) is 34.4. The van der Waals surface area contributed by atoms with Crippen LogP contribution >= 0.6 is 0 Å². The van der Waals surface area contributed by atoms with Gasteiger partial charge in [-0.15, -0.1) is 0 Å². The Labute approximate surface area is 104 Å². The third kappa shape index (κ3) is 3.36. The van der Waals surface area contributed by atoms with Gasteiger partial charge in [0.15, 0.2) is 9.84 Å². The van der Waals surface area contributed by atoms with Gasteiger partial charge in [-0.2, -0.15) is 13.2 Å². The Balaban J connectivity index is 2.04. The lowest BCUT2D eigenvalue weighted by molar-refractivity contribution is -0.176. The van der Waals surface area contributed by atoms with E-state index in [9.17, 15) is 21.6 Å². The molecule has 0 aliphatic carbocycles. The van der Waals surface area contributed by atoms with Gasteiger partial charge in [-0.25, -0.2) is 8.42 Å². The third-order valence-electron chi connectivity index (χ3n) is 3.61. The second-order valence-electron chi connectivity index (χ2n) is 4.99. The molecule has 2 aliphatic rings. The van der Waals surface area contributed by atoms with Gasteiger partial charge in [0.2, 0.25) is 0 Å². The van der Waals surface area contributed by atoms with Crippen molar-refractivity contribution in [3.05, 3.63) is 0 Å². The molecule has 0 aromatic rings. The molecule has 2 saturated heterocycles. The summed E-state index contributed by atoms with van der Waals surface area (Å²) in [5.41, 5.74) is 0. The van der Waals surface area contributed by atoms with Crippen molar-refractivity contribution in [1.82, 2.24) is 10.2 Å². The summed E-state index contributed by atoms with van der Waals surface area (Å²) in [4.78, 5) is 1.68. The highest BCUT2D eigenvalue weighted by molar-refractivity contribution is 7.91. The van der Waals surface area contributed by atoms with Crippen LogP contribution < -0.4 is 5.32 Å². The maximum atomic E-state index is 12.7. The summed E-state index contributed by atoms with van der Waals surface area (Å²) < 4.78 is 61.0. The number of nitrogens with one attached hydrogen (secondary N) is 1. The predicted octanol–water partition coefficient (Wildman–Crippen LogP) is 0.257. The van der Waals surface area contributed by atoms with Crippen molar-refractivity contribution in [2.75, 3.05) is 37.7 Å². The third-order valence-corrected chi connectivity index (χ3v) is 5.36. The van der Waals surface area contributed by atoms with Crippen molar-refractivity contribution in [1.29, 1.82) is 0 Å². The summed E-state index contributed by atoms with van der Waals surface area (Å²) in [5.74, 6) is -1.32. The number of hydrogen-bond acceptors (Lipinski definition) is 4. The zero-order valence-corrected chi connectivity index (χ0v) is 10.7. The van der Waals surface area contributed by atoms with Gasteiger partial charge < -0.3 is 5.32 Å². The SMILES string of the molecule is O=S1(=O)CCC(N2CCNCC(C(F)(F)F)C2)C1. The summed E-state index contributed by atoms with van der Waals surface area (Å²) >= 11 is 0. The molecule has 2 unspecified atom stereocenters. The monoisotopic (exact) mass is 286 g/mol. The molecule has 106 valence electrons.